The number of carboxylic acid groups (broad SMARTS) is 1. The van der Waals surface area contributed by atoms with Crippen LogP contribution in [0, 0.1) is 11.8 Å². The highest BCUT2D eigenvalue weighted by Crippen LogP contribution is 2.33. The third-order valence-electron chi connectivity index (χ3n) is 5.47. The van der Waals surface area contributed by atoms with Gasteiger partial charge in [-0.2, -0.15) is 11.8 Å². The maximum Gasteiger partial charge on any atom is 0.304 e. The number of unbranched alkanes of at least 4 members (excludes halogenated alkanes) is 1. The molecule has 29 heavy (non-hydrogen) atoms. The van der Waals surface area contributed by atoms with Crippen LogP contribution in [0.1, 0.15) is 71.6 Å². The number of ketones is 1. The number of aliphatic carboxylic acids is 1. The molecule has 0 aromatic carbocycles. The first-order chi connectivity index (χ1) is 13.8. The van der Waals surface area contributed by atoms with Gasteiger partial charge in [0.25, 0.3) is 0 Å². The number of carbonyl (C=O) groups excluding carboxylic acids is 1. The molecule has 0 aromatic rings. The lowest BCUT2D eigenvalue weighted by molar-refractivity contribution is -0.137. The van der Waals surface area contributed by atoms with Crippen molar-refractivity contribution >= 4 is 23.5 Å². The van der Waals surface area contributed by atoms with Crippen LogP contribution in [0.4, 0.5) is 0 Å². The van der Waals surface area contributed by atoms with Gasteiger partial charge in [-0.1, -0.05) is 44.1 Å². The van der Waals surface area contributed by atoms with E-state index in [1.54, 1.807) is 0 Å². The van der Waals surface area contributed by atoms with Crippen LogP contribution in [0.25, 0.3) is 0 Å². The zero-order valence-corrected chi connectivity index (χ0v) is 18.7. The molecule has 0 aromatic heterocycles. The second-order valence-electron chi connectivity index (χ2n) is 8.27. The molecule has 1 rings (SSSR count). The van der Waals surface area contributed by atoms with Crippen LogP contribution in [-0.4, -0.2) is 50.3 Å². The minimum Gasteiger partial charge on any atom is -0.481 e. The Labute approximate surface area is 179 Å². The van der Waals surface area contributed by atoms with Gasteiger partial charge < -0.3 is 15.3 Å². The first-order valence-electron chi connectivity index (χ1n) is 10.8. The molecule has 0 saturated heterocycles. The van der Waals surface area contributed by atoms with Crippen LogP contribution in [0.3, 0.4) is 0 Å². The average molecular weight is 427 g/mol. The molecule has 0 bridgehead atoms. The summed E-state index contributed by atoms with van der Waals surface area (Å²) in [4.78, 5) is 23.2. The Morgan fingerprint density at radius 1 is 1.34 bits per heavy atom. The predicted molar refractivity (Wildman–Crippen MR) is 119 cm³/mol. The molecule has 1 aliphatic carbocycles. The summed E-state index contributed by atoms with van der Waals surface area (Å²) in [7, 11) is 0. The number of aliphatic hydroxyl groups is 2. The van der Waals surface area contributed by atoms with Crippen LogP contribution < -0.4 is 0 Å². The first kappa shape index (κ1) is 25.9. The van der Waals surface area contributed by atoms with Crippen molar-refractivity contribution in [1.29, 1.82) is 0 Å². The molecule has 1 aliphatic rings. The number of aliphatic hydroxyl groups excluding tert-OH is 1. The van der Waals surface area contributed by atoms with E-state index in [1.165, 1.54) is 11.8 Å². The van der Waals surface area contributed by atoms with Gasteiger partial charge >= 0.3 is 5.97 Å². The Kier molecular flexibility index (Phi) is 12.5. The van der Waals surface area contributed by atoms with Gasteiger partial charge in [0, 0.05) is 23.3 Å². The van der Waals surface area contributed by atoms with E-state index < -0.39 is 11.6 Å². The molecule has 3 N–H and O–H groups in total. The molecule has 0 heterocycles. The molecule has 5 nitrogen and oxygen atoms in total. The van der Waals surface area contributed by atoms with Crippen LogP contribution in [-0.2, 0) is 9.59 Å². The summed E-state index contributed by atoms with van der Waals surface area (Å²) >= 11 is 1.47. The molecule has 1 saturated carbocycles. The van der Waals surface area contributed by atoms with Crippen molar-refractivity contribution in [1.82, 2.24) is 0 Å². The summed E-state index contributed by atoms with van der Waals surface area (Å²) in [6, 6.07) is 0. The fourth-order valence-electron chi connectivity index (χ4n) is 3.74. The summed E-state index contributed by atoms with van der Waals surface area (Å²) < 4.78 is 0. The van der Waals surface area contributed by atoms with Crippen molar-refractivity contribution in [3.05, 3.63) is 24.3 Å². The summed E-state index contributed by atoms with van der Waals surface area (Å²) in [5.41, 5.74) is -0.685. The Balaban J connectivity index is 2.53. The van der Waals surface area contributed by atoms with E-state index in [0.29, 0.717) is 37.2 Å². The number of rotatable bonds is 15. The number of hydrogen-bond donors (Lipinski definition) is 3. The molecule has 2 unspecified atom stereocenters. The quantitative estimate of drug-likeness (QED) is 0.337. The van der Waals surface area contributed by atoms with E-state index in [9.17, 15) is 14.7 Å². The molecule has 0 radical (unpaired) electrons. The van der Waals surface area contributed by atoms with Crippen LogP contribution in [0.5, 0.6) is 0 Å². The summed E-state index contributed by atoms with van der Waals surface area (Å²) in [6.45, 7) is 4.03. The fraction of sp³-hybridized carbons (Fsp3) is 0.739. The molecule has 166 valence electrons. The van der Waals surface area contributed by atoms with Crippen molar-refractivity contribution in [3.8, 4) is 0 Å². The molecule has 0 amide bonds. The lowest BCUT2D eigenvalue weighted by atomic mass is 9.89. The van der Waals surface area contributed by atoms with Crippen molar-refractivity contribution < 1.29 is 24.9 Å². The topological polar surface area (TPSA) is 94.8 Å². The first-order valence-corrected chi connectivity index (χ1v) is 11.8. The zero-order chi connectivity index (χ0) is 21.7. The lowest BCUT2D eigenvalue weighted by Crippen LogP contribution is -2.22. The van der Waals surface area contributed by atoms with E-state index in [4.69, 9.17) is 10.2 Å². The minimum absolute atomic E-state index is 0.0221. The lowest BCUT2D eigenvalue weighted by Gasteiger charge is -2.21. The molecule has 4 atom stereocenters. The van der Waals surface area contributed by atoms with Crippen LogP contribution in [0.15, 0.2) is 24.3 Å². The van der Waals surface area contributed by atoms with Gasteiger partial charge in [0.15, 0.2) is 0 Å². The summed E-state index contributed by atoms with van der Waals surface area (Å²) in [5, 5.41) is 28.3. The molecule has 1 fully saturated rings. The van der Waals surface area contributed by atoms with Crippen molar-refractivity contribution in [2.24, 2.45) is 11.8 Å². The van der Waals surface area contributed by atoms with E-state index in [0.717, 1.165) is 25.7 Å². The van der Waals surface area contributed by atoms with Gasteiger partial charge in [0.2, 0.25) is 0 Å². The van der Waals surface area contributed by atoms with Crippen molar-refractivity contribution in [2.45, 2.75) is 82.5 Å². The maximum absolute atomic E-state index is 12.3. The van der Waals surface area contributed by atoms with Gasteiger partial charge in [-0.3, -0.25) is 9.59 Å². The molecule has 0 spiro atoms. The van der Waals surface area contributed by atoms with E-state index in [2.05, 4.69) is 13.0 Å². The number of allylic oxidation sites excluding steroid dienone is 3. The Morgan fingerprint density at radius 3 is 2.76 bits per heavy atom. The number of Topliss-reactive ketones (excluding diaryl/α,β-unsaturated/α-hetero) is 1. The Hall–Kier alpha value is -1.11. The minimum atomic E-state index is -0.833. The van der Waals surface area contributed by atoms with Crippen molar-refractivity contribution in [2.75, 3.05) is 12.4 Å². The normalized spacial score (nSPS) is 23.1. The second-order valence-corrected chi connectivity index (χ2v) is 9.67. The van der Waals surface area contributed by atoms with Gasteiger partial charge in [0.1, 0.15) is 5.78 Å². The highest BCUT2D eigenvalue weighted by Gasteiger charge is 2.32. The molecular formula is C23H38O5S. The third kappa shape index (κ3) is 11.0. The summed E-state index contributed by atoms with van der Waals surface area (Å²) in [5.74, 6) is 0.180. The van der Waals surface area contributed by atoms with Gasteiger partial charge in [-0.25, -0.2) is 0 Å². The van der Waals surface area contributed by atoms with E-state index in [-0.39, 0.29) is 30.1 Å². The molecule has 0 aliphatic heterocycles. The largest absolute Gasteiger partial charge is 0.481 e. The summed E-state index contributed by atoms with van der Waals surface area (Å²) in [6.07, 6.45) is 14.4. The van der Waals surface area contributed by atoms with E-state index in [1.807, 2.05) is 25.2 Å². The predicted octanol–water partition coefficient (Wildman–Crippen LogP) is 4.37. The average Bonchev–Trinajstić information content (AvgIpc) is 3.00. The SMILES string of the molecule is CCCCC(C)(O)CC=C[C@H]1CCC(=O)[C@@H]1CC=CCC(CC(=O)O)SCCO. The fourth-order valence-corrected chi connectivity index (χ4v) is 4.69. The van der Waals surface area contributed by atoms with Gasteiger partial charge in [0.05, 0.1) is 18.6 Å². The number of hydrogen-bond acceptors (Lipinski definition) is 5. The zero-order valence-electron chi connectivity index (χ0n) is 17.9. The number of thioether (sulfide) groups is 1. The highest BCUT2D eigenvalue weighted by molar-refractivity contribution is 7.99. The van der Waals surface area contributed by atoms with Gasteiger partial charge in [-0.05, 0) is 44.9 Å². The number of carboxylic acids is 1. The highest BCUT2D eigenvalue weighted by atomic mass is 32.2. The number of carbonyl (C=O) groups is 2. The molecule has 6 heteroatoms. The van der Waals surface area contributed by atoms with Crippen molar-refractivity contribution in [3.63, 3.8) is 0 Å². The maximum atomic E-state index is 12.3. The van der Waals surface area contributed by atoms with Crippen LogP contribution >= 0.6 is 11.8 Å². The van der Waals surface area contributed by atoms with Gasteiger partial charge in [-0.15, -0.1) is 0 Å². The standard InChI is InChI=1S/C23H38O5S/c1-3-4-13-23(2,28)14-7-8-18-11-12-21(25)20(18)10-6-5-9-19(17-22(26)27)29-16-15-24/h5-8,18-20,24,28H,3-4,9-17H2,1-2H3,(H,26,27)/t18-,19?,20+,23?/m0/s1. The molecular weight excluding hydrogens is 388 g/mol. The second kappa shape index (κ2) is 14.0. The smallest absolute Gasteiger partial charge is 0.304 e. The van der Waals surface area contributed by atoms with E-state index >= 15 is 0 Å². The third-order valence-corrected chi connectivity index (χ3v) is 6.72. The van der Waals surface area contributed by atoms with Crippen LogP contribution in [0.2, 0.25) is 0 Å². The monoisotopic (exact) mass is 426 g/mol. The Bertz CT molecular complexity index is 555. The Morgan fingerprint density at radius 2 is 2.10 bits per heavy atom.